The number of carboxylic acid groups (broad SMARTS) is 1. The Bertz CT molecular complexity index is 228. The number of aliphatic carboxylic acids is 1. The van der Waals surface area contributed by atoms with Crippen LogP contribution >= 0.6 is 0 Å². The summed E-state index contributed by atoms with van der Waals surface area (Å²) in [5.41, 5.74) is -0.0154. The fourth-order valence-corrected chi connectivity index (χ4v) is 0.604. The Kier molecular flexibility index (Phi) is 4.55. The number of hydrogen-bond donors (Lipinski definition) is 1. The summed E-state index contributed by atoms with van der Waals surface area (Å²) in [5.74, 6) is 5.72. The first-order valence-electron chi connectivity index (χ1n) is 4.58. The highest BCUT2D eigenvalue weighted by Gasteiger charge is 2.18. The topological polar surface area (TPSA) is 37.3 Å². The van der Waals surface area contributed by atoms with Gasteiger partial charge in [-0.1, -0.05) is 19.8 Å². The molecule has 1 N–H and O–H groups in total. The maximum absolute atomic E-state index is 10.2. The van der Waals surface area contributed by atoms with Gasteiger partial charge < -0.3 is 5.11 Å². The summed E-state index contributed by atoms with van der Waals surface area (Å²) >= 11 is 0. The van der Waals surface area contributed by atoms with Gasteiger partial charge in [-0.05, 0) is 19.8 Å². The van der Waals surface area contributed by atoms with Crippen molar-refractivity contribution in [3.63, 3.8) is 0 Å². The number of rotatable bonds is 3. The summed E-state index contributed by atoms with van der Waals surface area (Å²) in [5, 5.41) is 8.38. The highest BCUT2D eigenvalue weighted by molar-refractivity contribution is 5.67. The zero-order chi connectivity index (χ0) is 10.5. The Morgan fingerprint density at radius 1 is 1.46 bits per heavy atom. The summed E-state index contributed by atoms with van der Waals surface area (Å²) in [7, 11) is 0. The van der Waals surface area contributed by atoms with Gasteiger partial charge in [0.2, 0.25) is 0 Å². The molecule has 0 radical (unpaired) electrons. The minimum atomic E-state index is -0.781. The molecule has 0 spiro atoms. The second kappa shape index (κ2) is 4.91. The number of hydrogen-bond acceptors (Lipinski definition) is 1. The van der Waals surface area contributed by atoms with Crippen LogP contribution in [-0.4, -0.2) is 11.1 Å². The normalized spacial score (nSPS) is 10.8. The van der Waals surface area contributed by atoms with E-state index in [1.807, 2.05) is 0 Å². The molecule has 0 saturated carbocycles. The van der Waals surface area contributed by atoms with Crippen LogP contribution in [0.3, 0.4) is 0 Å². The molecular weight excluding hydrogens is 164 g/mol. The second-order valence-corrected chi connectivity index (χ2v) is 4.07. The van der Waals surface area contributed by atoms with Gasteiger partial charge in [-0.15, -0.1) is 5.92 Å². The highest BCUT2D eigenvalue weighted by Crippen LogP contribution is 2.24. The Labute approximate surface area is 80.3 Å². The van der Waals surface area contributed by atoms with E-state index < -0.39 is 5.97 Å². The van der Waals surface area contributed by atoms with Gasteiger partial charge in [-0.25, -0.2) is 0 Å². The van der Waals surface area contributed by atoms with Gasteiger partial charge in [0.05, 0.1) is 6.42 Å². The molecule has 0 aliphatic carbocycles. The monoisotopic (exact) mass is 182 g/mol. The van der Waals surface area contributed by atoms with Crippen molar-refractivity contribution >= 4 is 5.97 Å². The molecular formula is C11H18O2. The van der Waals surface area contributed by atoms with Crippen LogP contribution in [0.1, 0.15) is 40.5 Å². The smallest absolute Gasteiger partial charge is 0.304 e. The van der Waals surface area contributed by atoms with Crippen LogP contribution in [0.4, 0.5) is 0 Å². The molecule has 0 aromatic carbocycles. The van der Waals surface area contributed by atoms with E-state index in [1.165, 1.54) is 0 Å². The van der Waals surface area contributed by atoms with Gasteiger partial charge in [0.1, 0.15) is 0 Å². The van der Waals surface area contributed by atoms with E-state index in [-0.39, 0.29) is 11.8 Å². The molecule has 0 saturated heterocycles. The van der Waals surface area contributed by atoms with Crippen molar-refractivity contribution in [3.05, 3.63) is 0 Å². The van der Waals surface area contributed by atoms with Crippen molar-refractivity contribution in [2.24, 2.45) is 11.3 Å². The Morgan fingerprint density at radius 2 is 2.00 bits per heavy atom. The molecule has 0 aliphatic heterocycles. The molecule has 0 bridgehead atoms. The summed E-state index contributed by atoms with van der Waals surface area (Å²) in [4.78, 5) is 10.2. The Morgan fingerprint density at radius 3 is 2.38 bits per heavy atom. The molecule has 0 amide bonds. The third-order valence-electron chi connectivity index (χ3n) is 2.32. The fourth-order valence-electron chi connectivity index (χ4n) is 0.604. The first-order valence-corrected chi connectivity index (χ1v) is 4.58. The van der Waals surface area contributed by atoms with Crippen molar-refractivity contribution in [3.8, 4) is 11.8 Å². The predicted octanol–water partition coefficient (Wildman–Crippen LogP) is 2.54. The standard InChI is InChI=1S/C11H18O2/c1-9(2)11(3,4)8-6-5-7-10(12)13/h9H,5,7H2,1-4H3,(H,12,13). The molecule has 0 heterocycles. The van der Waals surface area contributed by atoms with Gasteiger partial charge in [0.15, 0.2) is 0 Å². The van der Waals surface area contributed by atoms with Crippen molar-refractivity contribution in [1.82, 2.24) is 0 Å². The van der Waals surface area contributed by atoms with Crippen molar-refractivity contribution in [2.45, 2.75) is 40.5 Å². The summed E-state index contributed by atoms with van der Waals surface area (Å²) in [6, 6.07) is 0. The van der Waals surface area contributed by atoms with E-state index in [1.54, 1.807) is 0 Å². The third-order valence-corrected chi connectivity index (χ3v) is 2.32. The van der Waals surface area contributed by atoms with E-state index in [4.69, 9.17) is 5.11 Å². The first kappa shape index (κ1) is 12.0. The lowest BCUT2D eigenvalue weighted by Crippen LogP contribution is -2.16. The van der Waals surface area contributed by atoms with Gasteiger partial charge in [-0.3, -0.25) is 4.79 Å². The van der Waals surface area contributed by atoms with Crippen LogP contribution in [0.5, 0.6) is 0 Å². The summed E-state index contributed by atoms with van der Waals surface area (Å²) in [6.07, 6.45) is 0.590. The van der Waals surface area contributed by atoms with Crippen LogP contribution in [0.15, 0.2) is 0 Å². The second-order valence-electron chi connectivity index (χ2n) is 4.07. The van der Waals surface area contributed by atoms with Gasteiger partial charge >= 0.3 is 5.97 Å². The van der Waals surface area contributed by atoms with Crippen molar-refractivity contribution < 1.29 is 9.90 Å². The number of carboxylic acids is 1. The zero-order valence-electron chi connectivity index (χ0n) is 8.85. The molecule has 74 valence electrons. The van der Waals surface area contributed by atoms with Crippen molar-refractivity contribution in [1.29, 1.82) is 0 Å². The van der Waals surface area contributed by atoms with Crippen LogP contribution in [0.2, 0.25) is 0 Å². The van der Waals surface area contributed by atoms with E-state index in [0.717, 1.165) is 0 Å². The lowest BCUT2D eigenvalue weighted by atomic mass is 9.82. The average Bonchev–Trinajstić information content (AvgIpc) is 1.97. The lowest BCUT2D eigenvalue weighted by molar-refractivity contribution is -0.136. The van der Waals surface area contributed by atoms with E-state index in [9.17, 15) is 4.79 Å². The quantitative estimate of drug-likeness (QED) is 0.681. The molecule has 0 unspecified atom stereocenters. The molecule has 0 aliphatic rings. The van der Waals surface area contributed by atoms with Crippen LogP contribution in [-0.2, 0) is 4.79 Å². The van der Waals surface area contributed by atoms with Gasteiger partial charge in [0.25, 0.3) is 0 Å². The van der Waals surface area contributed by atoms with Crippen molar-refractivity contribution in [2.75, 3.05) is 0 Å². The minimum Gasteiger partial charge on any atom is -0.481 e. The average molecular weight is 182 g/mol. The van der Waals surface area contributed by atoms with E-state index in [0.29, 0.717) is 12.3 Å². The lowest BCUT2D eigenvalue weighted by Gasteiger charge is -2.22. The third kappa shape index (κ3) is 5.30. The van der Waals surface area contributed by atoms with E-state index in [2.05, 4.69) is 39.5 Å². The molecule has 2 nitrogen and oxygen atoms in total. The summed E-state index contributed by atoms with van der Waals surface area (Å²) < 4.78 is 0. The highest BCUT2D eigenvalue weighted by atomic mass is 16.4. The molecule has 13 heavy (non-hydrogen) atoms. The maximum atomic E-state index is 10.2. The maximum Gasteiger partial charge on any atom is 0.304 e. The molecule has 0 fully saturated rings. The molecule has 0 aromatic rings. The molecule has 0 aromatic heterocycles. The predicted molar refractivity (Wildman–Crippen MR) is 53.3 cm³/mol. The van der Waals surface area contributed by atoms with E-state index >= 15 is 0 Å². The van der Waals surface area contributed by atoms with Crippen LogP contribution < -0.4 is 0 Å². The van der Waals surface area contributed by atoms with Gasteiger partial charge in [0, 0.05) is 11.8 Å². The largest absolute Gasteiger partial charge is 0.481 e. The Hall–Kier alpha value is -0.970. The van der Waals surface area contributed by atoms with Gasteiger partial charge in [-0.2, -0.15) is 0 Å². The zero-order valence-corrected chi connectivity index (χ0v) is 8.85. The number of carbonyl (C=O) groups is 1. The molecule has 0 rings (SSSR count). The fraction of sp³-hybridized carbons (Fsp3) is 0.727. The molecule has 2 heteroatoms. The Balaban J connectivity index is 4.02. The van der Waals surface area contributed by atoms with Crippen LogP contribution in [0.25, 0.3) is 0 Å². The SMILES string of the molecule is CC(C)C(C)(C)C#CCCC(=O)O. The molecule has 0 atom stereocenters. The first-order chi connectivity index (χ1) is 5.86. The summed E-state index contributed by atoms with van der Waals surface area (Å²) in [6.45, 7) is 8.38. The van der Waals surface area contributed by atoms with Crippen LogP contribution in [0, 0.1) is 23.2 Å². The minimum absolute atomic E-state index is 0.0154.